The second kappa shape index (κ2) is 7.26. The minimum Gasteiger partial charge on any atom is -0.481 e. The monoisotopic (exact) mass is 298 g/mol. The lowest BCUT2D eigenvalue weighted by Crippen LogP contribution is -2.39. The summed E-state index contributed by atoms with van der Waals surface area (Å²) in [5.74, 6) is -1.08. The van der Waals surface area contributed by atoms with Crippen molar-refractivity contribution in [2.45, 2.75) is 12.5 Å². The molecule has 0 heterocycles. The number of benzene rings is 1. The van der Waals surface area contributed by atoms with Crippen molar-refractivity contribution in [3.05, 3.63) is 34.9 Å². The molecule has 1 aromatic rings. The van der Waals surface area contributed by atoms with E-state index in [1.165, 1.54) is 4.90 Å². The number of carbonyl (C=O) groups excluding carboxylic acids is 1. The lowest BCUT2D eigenvalue weighted by Gasteiger charge is -2.28. The fraction of sp³-hybridized carbons (Fsp3) is 0.429. The number of nitrogens with zero attached hydrogens (tertiary/aromatic N) is 2. The summed E-state index contributed by atoms with van der Waals surface area (Å²) >= 11 is 5.96. The Kier molecular flexibility index (Phi) is 5.98. The van der Waals surface area contributed by atoms with E-state index in [4.69, 9.17) is 16.7 Å². The fourth-order valence-corrected chi connectivity index (χ4v) is 2.12. The third kappa shape index (κ3) is 4.51. The van der Waals surface area contributed by atoms with E-state index >= 15 is 0 Å². The van der Waals surface area contributed by atoms with Crippen LogP contribution in [0, 0.1) is 0 Å². The van der Waals surface area contributed by atoms with Crippen molar-refractivity contribution in [1.29, 1.82) is 0 Å². The van der Waals surface area contributed by atoms with Gasteiger partial charge >= 0.3 is 5.97 Å². The summed E-state index contributed by atoms with van der Waals surface area (Å²) in [6.07, 6.45) is -0.0715. The molecular weight excluding hydrogens is 280 g/mol. The number of rotatable bonds is 6. The molecule has 1 N–H and O–H groups in total. The first-order valence-electron chi connectivity index (χ1n) is 6.21. The van der Waals surface area contributed by atoms with Crippen molar-refractivity contribution >= 4 is 23.5 Å². The van der Waals surface area contributed by atoms with Crippen molar-refractivity contribution < 1.29 is 14.7 Å². The Bertz CT molecular complexity index is 491. The van der Waals surface area contributed by atoms with Crippen LogP contribution in [-0.2, 0) is 9.59 Å². The Morgan fingerprint density at radius 2 is 1.95 bits per heavy atom. The van der Waals surface area contributed by atoms with Crippen molar-refractivity contribution in [2.75, 3.05) is 27.7 Å². The van der Waals surface area contributed by atoms with Gasteiger partial charge < -0.3 is 10.0 Å². The zero-order valence-corrected chi connectivity index (χ0v) is 12.6. The van der Waals surface area contributed by atoms with Crippen LogP contribution in [0.25, 0.3) is 0 Å². The maximum Gasteiger partial charge on any atom is 0.305 e. The lowest BCUT2D eigenvalue weighted by atomic mass is 10.0. The highest BCUT2D eigenvalue weighted by molar-refractivity contribution is 6.30. The molecule has 1 atom stereocenters. The molecule has 1 amide bonds. The summed E-state index contributed by atoms with van der Waals surface area (Å²) in [4.78, 5) is 26.2. The van der Waals surface area contributed by atoms with E-state index in [1.807, 2.05) is 6.07 Å². The first kappa shape index (κ1) is 16.5. The second-order valence-corrected chi connectivity index (χ2v) is 5.26. The maximum absolute atomic E-state index is 12.5. The Hall–Kier alpha value is -1.59. The first-order valence-corrected chi connectivity index (χ1v) is 6.59. The van der Waals surface area contributed by atoms with Gasteiger partial charge in [-0.15, -0.1) is 0 Å². The van der Waals surface area contributed by atoms with Gasteiger partial charge in [0.15, 0.2) is 0 Å². The molecule has 1 aromatic carbocycles. The van der Waals surface area contributed by atoms with Crippen LogP contribution in [0.15, 0.2) is 24.3 Å². The molecule has 0 aromatic heterocycles. The molecule has 0 spiro atoms. The van der Waals surface area contributed by atoms with E-state index in [-0.39, 0.29) is 18.9 Å². The summed E-state index contributed by atoms with van der Waals surface area (Å²) in [6.45, 7) is 0.180. The number of hydrogen-bond donors (Lipinski definition) is 1. The Morgan fingerprint density at radius 1 is 1.30 bits per heavy atom. The quantitative estimate of drug-likeness (QED) is 0.871. The number of carbonyl (C=O) groups is 2. The summed E-state index contributed by atoms with van der Waals surface area (Å²) in [5, 5.41) is 9.24. The summed E-state index contributed by atoms with van der Waals surface area (Å²) in [5.41, 5.74) is 0.787. The molecule has 0 saturated carbocycles. The number of hydrogen-bond acceptors (Lipinski definition) is 3. The van der Waals surface area contributed by atoms with E-state index in [9.17, 15) is 9.59 Å². The molecule has 110 valence electrons. The van der Waals surface area contributed by atoms with Gasteiger partial charge in [-0.05, 0) is 31.8 Å². The third-order valence-corrected chi connectivity index (χ3v) is 3.19. The normalized spacial score (nSPS) is 12.2. The van der Waals surface area contributed by atoms with Crippen LogP contribution >= 0.6 is 11.6 Å². The highest BCUT2D eigenvalue weighted by Crippen LogP contribution is 2.23. The van der Waals surface area contributed by atoms with E-state index in [2.05, 4.69) is 0 Å². The van der Waals surface area contributed by atoms with Crippen molar-refractivity contribution in [3.8, 4) is 0 Å². The molecule has 0 aliphatic carbocycles. The van der Waals surface area contributed by atoms with Gasteiger partial charge in [0.1, 0.15) is 6.04 Å². The average Bonchev–Trinajstić information content (AvgIpc) is 2.35. The smallest absolute Gasteiger partial charge is 0.305 e. The van der Waals surface area contributed by atoms with Crippen molar-refractivity contribution in [1.82, 2.24) is 9.80 Å². The number of halogens is 1. The number of carboxylic acids is 1. The van der Waals surface area contributed by atoms with Crippen LogP contribution in [-0.4, -0.2) is 54.5 Å². The van der Waals surface area contributed by atoms with E-state index in [0.717, 1.165) is 5.56 Å². The molecule has 0 bridgehead atoms. The van der Waals surface area contributed by atoms with Crippen LogP contribution in [0.5, 0.6) is 0 Å². The highest BCUT2D eigenvalue weighted by atomic mass is 35.5. The lowest BCUT2D eigenvalue weighted by molar-refractivity contribution is -0.139. The minimum absolute atomic E-state index is 0.0715. The predicted molar refractivity (Wildman–Crippen MR) is 77.8 cm³/mol. The van der Waals surface area contributed by atoms with Crippen LogP contribution in [0.1, 0.15) is 18.0 Å². The molecule has 1 unspecified atom stereocenters. The first-order chi connectivity index (χ1) is 9.32. The van der Waals surface area contributed by atoms with E-state index in [0.29, 0.717) is 5.02 Å². The number of amides is 1. The van der Waals surface area contributed by atoms with Crippen LogP contribution in [0.4, 0.5) is 0 Å². The topological polar surface area (TPSA) is 60.9 Å². The highest BCUT2D eigenvalue weighted by Gasteiger charge is 2.26. The molecule has 0 fully saturated rings. The minimum atomic E-state index is -0.922. The second-order valence-electron chi connectivity index (χ2n) is 4.82. The van der Waals surface area contributed by atoms with Crippen LogP contribution < -0.4 is 0 Å². The Morgan fingerprint density at radius 3 is 2.45 bits per heavy atom. The largest absolute Gasteiger partial charge is 0.481 e. The average molecular weight is 299 g/mol. The zero-order valence-electron chi connectivity index (χ0n) is 11.8. The van der Waals surface area contributed by atoms with Crippen molar-refractivity contribution in [3.63, 3.8) is 0 Å². The molecule has 0 saturated heterocycles. The maximum atomic E-state index is 12.5. The van der Waals surface area contributed by atoms with Crippen molar-refractivity contribution in [2.24, 2.45) is 0 Å². The fourth-order valence-electron chi connectivity index (χ4n) is 1.92. The predicted octanol–water partition coefficient (Wildman–Crippen LogP) is 1.88. The molecule has 5 nitrogen and oxygen atoms in total. The molecule has 0 radical (unpaired) electrons. The van der Waals surface area contributed by atoms with Gasteiger partial charge in [0.25, 0.3) is 0 Å². The van der Waals surface area contributed by atoms with Gasteiger partial charge in [-0.2, -0.15) is 0 Å². The standard InChI is InChI=1S/C14H19ClN2O3/c1-16(2)13(10-5-4-6-11(15)9-10)14(20)17(3)8-7-12(18)19/h4-6,9,13H,7-8H2,1-3H3,(H,18,19). The van der Waals surface area contributed by atoms with E-state index in [1.54, 1.807) is 44.2 Å². The van der Waals surface area contributed by atoms with Gasteiger partial charge in [-0.25, -0.2) is 0 Å². The summed E-state index contributed by atoms with van der Waals surface area (Å²) in [6, 6.07) is 6.64. The molecule has 0 aliphatic heterocycles. The van der Waals surface area contributed by atoms with E-state index < -0.39 is 12.0 Å². The zero-order chi connectivity index (χ0) is 15.3. The summed E-state index contributed by atoms with van der Waals surface area (Å²) < 4.78 is 0. The number of aliphatic carboxylic acids is 1. The van der Waals surface area contributed by atoms with Gasteiger partial charge in [-0.1, -0.05) is 23.7 Å². The van der Waals surface area contributed by atoms with Crippen LogP contribution in [0.2, 0.25) is 5.02 Å². The van der Waals surface area contributed by atoms with Gasteiger partial charge in [-0.3, -0.25) is 14.5 Å². The number of likely N-dealkylation sites (N-methyl/N-ethyl adjacent to an activating group) is 2. The molecule has 1 rings (SSSR count). The third-order valence-electron chi connectivity index (χ3n) is 2.95. The Labute approximate surface area is 123 Å². The molecule has 6 heteroatoms. The van der Waals surface area contributed by atoms with Gasteiger partial charge in [0.05, 0.1) is 6.42 Å². The van der Waals surface area contributed by atoms with Gasteiger partial charge in [0.2, 0.25) is 5.91 Å². The number of carboxylic acid groups (broad SMARTS) is 1. The SMILES string of the molecule is CN(CCC(=O)O)C(=O)C(c1cccc(Cl)c1)N(C)C. The Balaban J connectivity index is 2.91. The summed E-state index contributed by atoms with van der Waals surface area (Å²) in [7, 11) is 5.20. The molecular formula is C14H19ClN2O3. The molecule has 20 heavy (non-hydrogen) atoms. The van der Waals surface area contributed by atoms with Gasteiger partial charge in [0, 0.05) is 18.6 Å². The molecule has 0 aliphatic rings. The van der Waals surface area contributed by atoms with Crippen LogP contribution in [0.3, 0.4) is 0 Å².